The van der Waals surface area contributed by atoms with Gasteiger partial charge in [-0.1, -0.05) is 12.1 Å². The van der Waals surface area contributed by atoms with Crippen LogP contribution in [0.3, 0.4) is 0 Å². The minimum Gasteiger partial charge on any atom is -0.450 e. The summed E-state index contributed by atoms with van der Waals surface area (Å²) in [5.41, 5.74) is 1.66. The minimum atomic E-state index is -0.831. The molecule has 3 rings (SSSR count). The first kappa shape index (κ1) is 17.2. The van der Waals surface area contributed by atoms with Crippen LogP contribution in [-0.4, -0.2) is 43.8 Å². The van der Waals surface area contributed by atoms with Crippen LogP contribution in [0.4, 0.5) is 5.69 Å². The summed E-state index contributed by atoms with van der Waals surface area (Å²) >= 11 is 0. The number of nitrogens with one attached hydrogen (secondary N) is 1. The number of hydrogen-bond donors (Lipinski definition) is 1. The second kappa shape index (κ2) is 7.09. The molecule has 26 heavy (non-hydrogen) atoms. The van der Waals surface area contributed by atoms with Crippen LogP contribution in [0.1, 0.15) is 33.6 Å². The van der Waals surface area contributed by atoms with Crippen molar-refractivity contribution in [3.63, 3.8) is 0 Å². The summed E-state index contributed by atoms with van der Waals surface area (Å²) in [6.45, 7) is 2.72. The summed E-state index contributed by atoms with van der Waals surface area (Å²) in [4.78, 5) is 43.2. The van der Waals surface area contributed by atoms with Crippen molar-refractivity contribution in [3.8, 4) is 0 Å². The number of aromatic nitrogens is 4. The molecular weight excluding hydrogens is 338 g/mol. The Morgan fingerprint density at radius 2 is 2.04 bits per heavy atom. The maximum absolute atomic E-state index is 12.0. The van der Waals surface area contributed by atoms with E-state index in [1.54, 1.807) is 43.5 Å². The first-order valence-corrected chi connectivity index (χ1v) is 7.70. The molecule has 0 saturated carbocycles. The molecule has 0 saturated heterocycles. The first-order valence-electron chi connectivity index (χ1n) is 7.70. The Kier molecular flexibility index (Phi) is 4.70. The van der Waals surface area contributed by atoms with Crippen LogP contribution in [0, 0.1) is 6.92 Å². The normalized spacial score (nSPS) is 10.5. The van der Waals surface area contributed by atoms with Crippen LogP contribution >= 0.6 is 0 Å². The molecule has 132 valence electrons. The van der Waals surface area contributed by atoms with Crippen molar-refractivity contribution in [2.75, 3.05) is 11.9 Å². The number of hydrogen-bond acceptors (Lipinski definition) is 7. The fourth-order valence-corrected chi connectivity index (χ4v) is 2.20. The van der Waals surface area contributed by atoms with Crippen LogP contribution in [0.25, 0.3) is 5.78 Å². The fraction of sp³-hybridized carbons (Fsp3) is 0.176. The number of ketones is 1. The largest absolute Gasteiger partial charge is 0.450 e. The van der Waals surface area contributed by atoms with E-state index in [1.807, 2.05) is 0 Å². The third-order valence-electron chi connectivity index (χ3n) is 3.50. The van der Waals surface area contributed by atoms with Crippen molar-refractivity contribution in [2.24, 2.45) is 0 Å². The van der Waals surface area contributed by atoms with Gasteiger partial charge in [0.1, 0.15) is 0 Å². The van der Waals surface area contributed by atoms with Crippen molar-refractivity contribution >= 4 is 29.1 Å². The zero-order chi connectivity index (χ0) is 18.7. The van der Waals surface area contributed by atoms with Crippen LogP contribution in [0.2, 0.25) is 0 Å². The van der Waals surface area contributed by atoms with Gasteiger partial charge in [-0.2, -0.15) is 4.98 Å². The number of aryl methyl sites for hydroxylation is 1. The van der Waals surface area contributed by atoms with Gasteiger partial charge >= 0.3 is 5.97 Å². The van der Waals surface area contributed by atoms with Gasteiger partial charge in [0.2, 0.25) is 0 Å². The molecule has 1 N–H and O–H groups in total. The molecule has 0 spiro atoms. The zero-order valence-corrected chi connectivity index (χ0v) is 14.1. The smallest absolute Gasteiger partial charge is 0.378 e. The molecule has 0 fully saturated rings. The molecule has 0 aliphatic rings. The summed E-state index contributed by atoms with van der Waals surface area (Å²) in [5, 5.41) is 6.56. The van der Waals surface area contributed by atoms with E-state index >= 15 is 0 Å². The van der Waals surface area contributed by atoms with Crippen LogP contribution in [0.15, 0.2) is 36.5 Å². The summed E-state index contributed by atoms with van der Waals surface area (Å²) in [5.74, 6) is -1.41. The highest BCUT2D eigenvalue weighted by Crippen LogP contribution is 2.11. The lowest BCUT2D eigenvalue weighted by molar-refractivity contribution is -0.119. The number of carbonyl (C=O) groups excluding carboxylic acids is 3. The van der Waals surface area contributed by atoms with Gasteiger partial charge < -0.3 is 10.1 Å². The standard InChI is InChI=1S/C17H15N5O4/c1-10-6-7-18-17-20-15(21-22(10)17)16(25)26-9-14(24)19-13-5-3-4-12(8-13)11(2)23/h3-8H,9H2,1-2H3,(H,19,24). The van der Waals surface area contributed by atoms with E-state index in [2.05, 4.69) is 20.4 Å². The molecule has 2 aromatic heterocycles. The van der Waals surface area contributed by atoms with Crippen molar-refractivity contribution in [3.05, 3.63) is 53.6 Å². The molecule has 0 aliphatic heterocycles. The number of carbonyl (C=O) groups is 3. The maximum Gasteiger partial charge on any atom is 0.378 e. The predicted molar refractivity (Wildman–Crippen MR) is 90.9 cm³/mol. The molecule has 9 heteroatoms. The molecule has 1 amide bonds. The van der Waals surface area contributed by atoms with E-state index in [9.17, 15) is 14.4 Å². The van der Waals surface area contributed by atoms with Gasteiger partial charge in [0.25, 0.3) is 17.5 Å². The SMILES string of the molecule is CC(=O)c1cccc(NC(=O)COC(=O)c2nc3nccc(C)n3n2)c1. The maximum atomic E-state index is 12.0. The Morgan fingerprint density at radius 1 is 1.23 bits per heavy atom. The number of amides is 1. The number of rotatable bonds is 5. The van der Waals surface area contributed by atoms with Crippen LogP contribution < -0.4 is 5.32 Å². The average Bonchev–Trinajstić information content (AvgIpc) is 3.06. The summed E-state index contributed by atoms with van der Waals surface area (Å²) < 4.78 is 6.33. The Balaban J connectivity index is 1.61. The van der Waals surface area contributed by atoms with E-state index in [1.165, 1.54) is 11.4 Å². The third-order valence-corrected chi connectivity index (χ3v) is 3.50. The van der Waals surface area contributed by atoms with Gasteiger partial charge in [-0.3, -0.25) is 9.59 Å². The lowest BCUT2D eigenvalue weighted by Gasteiger charge is -2.06. The van der Waals surface area contributed by atoms with Gasteiger partial charge in [-0.25, -0.2) is 14.3 Å². The van der Waals surface area contributed by atoms with E-state index < -0.39 is 18.5 Å². The molecular formula is C17H15N5O4. The number of nitrogens with zero attached hydrogens (tertiary/aromatic N) is 4. The lowest BCUT2D eigenvalue weighted by atomic mass is 10.1. The number of fused-ring (bicyclic) bond motifs is 1. The summed E-state index contributed by atoms with van der Waals surface area (Å²) in [6, 6.07) is 8.18. The Morgan fingerprint density at radius 3 is 2.77 bits per heavy atom. The van der Waals surface area contributed by atoms with Crippen LogP contribution in [-0.2, 0) is 9.53 Å². The summed E-state index contributed by atoms with van der Waals surface area (Å²) in [6.07, 6.45) is 1.55. The van der Waals surface area contributed by atoms with Gasteiger partial charge in [-0.05, 0) is 32.0 Å². The van der Waals surface area contributed by atoms with Gasteiger partial charge in [-0.15, -0.1) is 5.10 Å². The molecule has 0 unspecified atom stereocenters. The minimum absolute atomic E-state index is 0.116. The molecule has 9 nitrogen and oxygen atoms in total. The molecule has 0 radical (unpaired) electrons. The highest BCUT2D eigenvalue weighted by molar-refractivity contribution is 5.98. The molecule has 0 aliphatic carbocycles. The highest BCUT2D eigenvalue weighted by Gasteiger charge is 2.17. The van der Waals surface area contributed by atoms with Crippen LogP contribution in [0.5, 0.6) is 0 Å². The van der Waals surface area contributed by atoms with Crippen molar-refractivity contribution in [1.29, 1.82) is 0 Å². The third kappa shape index (κ3) is 3.72. The molecule has 1 aromatic carbocycles. The fourth-order valence-electron chi connectivity index (χ4n) is 2.20. The van der Waals surface area contributed by atoms with Gasteiger partial charge in [0.15, 0.2) is 12.4 Å². The second-order valence-corrected chi connectivity index (χ2v) is 5.49. The summed E-state index contributed by atoms with van der Waals surface area (Å²) in [7, 11) is 0. The van der Waals surface area contributed by atoms with Crippen molar-refractivity contribution < 1.29 is 19.1 Å². The molecule has 3 aromatic rings. The Hall–Kier alpha value is -3.62. The van der Waals surface area contributed by atoms with E-state index in [0.29, 0.717) is 11.3 Å². The van der Waals surface area contributed by atoms with E-state index in [-0.39, 0.29) is 17.4 Å². The Bertz CT molecular complexity index is 1010. The number of benzene rings is 1. The van der Waals surface area contributed by atoms with Crippen molar-refractivity contribution in [2.45, 2.75) is 13.8 Å². The number of ether oxygens (including phenoxy) is 1. The highest BCUT2D eigenvalue weighted by atomic mass is 16.5. The number of esters is 1. The Labute approximate surface area is 148 Å². The van der Waals surface area contributed by atoms with Crippen molar-refractivity contribution in [1.82, 2.24) is 19.6 Å². The molecule has 0 atom stereocenters. The first-order chi connectivity index (χ1) is 12.4. The topological polar surface area (TPSA) is 116 Å². The quantitative estimate of drug-likeness (QED) is 0.545. The number of Topliss-reactive ketones (excluding diaryl/α,β-unsaturated/α-hetero) is 1. The monoisotopic (exact) mass is 353 g/mol. The zero-order valence-electron chi connectivity index (χ0n) is 14.1. The predicted octanol–water partition coefficient (Wildman–Crippen LogP) is 1.43. The lowest BCUT2D eigenvalue weighted by Crippen LogP contribution is -2.21. The average molecular weight is 353 g/mol. The van der Waals surface area contributed by atoms with E-state index in [0.717, 1.165) is 5.69 Å². The molecule has 0 bridgehead atoms. The second-order valence-electron chi connectivity index (χ2n) is 5.49. The van der Waals surface area contributed by atoms with Gasteiger partial charge in [0, 0.05) is 23.1 Å². The van der Waals surface area contributed by atoms with E-state index in [4.69, 9.17) is 4.74 Å². The molecule has 2 heterocycles. The van der Waals surface area contributed by atoms with Gasteiger partial charge in [0.05, 0.1) is 0 Å². The number of anilines is 1.